The Hall–Kier alpha value is -1.10. The van der Waals surface area contributed by atoms with Crippen LogP contribution in [0.4, 0.5) is 0 Å². The minimum Gasteiger partial charge on any atom is -0.353 e. The third-order valence-electron chi connectivity index (χ3n) is 3.64. The molecule has 1 saturated heterocycles. The van der Waals surface area contributed by atoms with Gasteiger partial charge in [0.15, 0.2) is 0 Å². The van der Waals surface area contributed by atoms with E-state index in [0.717, 1.165) is 37.5 Å². The van der Waals surface area contributed by atoms with Gasteiger partial charge in [0.2, 0.25) is 5.91 Å². The second-order valence-electron chi connectivity index (χ2n) is 5.28. The Bertz CT molecular complexity index is 427. The molecular weight excluding hydrogens is 274 g/mol. The molecule has 0 saturated carbocycles. The van der Waals surface area contributed by atoms with Crippen molar-refractivity contribution >= 4 is 17.5 Å². The van der Waals surface area contributed by atoms with Crippen LogP contribution in [0.15, 0.2) is 24.3 Å². The van der Waals surface area contributed by atoms with Gasteiger partial charge in [0.1, 0.15) is 0 Å². The van der Waals surface area contributed by atoms with E-state index in [9.17, 15) is 4.79 Å². The van der Waals surface area contributed by atoms with Crippen LogP contribution in [-0.4, -0.2) is 36.5 Å². The van der Waals surface area contributed by atoms with Crippen molar-refractivity contribution in [2.45, 2.75) is 31.8 Å². The lowest BCUT2D eigenvalue weighted by Gasteiger charge is -2.32. The maximum absolute atomic E-state index is 11.5. The summed E-state index contributed by atoms with van der Waals surface area (Å²) in [4.78, 5) is 13.9. The lowest BCUT2D eigenvalue weighted by molar-refractivity contribution is -0.121. The Kier molecular flexibility index (Phi) is 5.83. The molecule has 3 N–H and O–H groups in total. The first-order valence-corrected chi connectivity index (χ1v) is 7.51. The molecule has 2 rings (SSSR count). The Morgan fingerprint density at radius 1 is 1.30 bits per heavy atom. The molecule has 4 nitrogen and oxygen atoms in total. The molecule has 1 heterocycles. The average Bonchev–Trinajstić information content (AvgIpc) is 2.44. The summed E-state index contributed by atoms with van der Waals surface area (Å²) < 4.78 is 0. The first kappa shape index (κ1) is 15.3. The molecular formula is C15H22ClN3O. The number of piperidine rings is 1. The number of carbonyl (C=O) groups excluding carboxylic acids is 1. The summed E-state index contributed by atoms with van der Waals surface area (Å²) in [5, 5.41) is 3.82. The summed E-state index contributed by atoms with van der Waals surface area (Å²) in [7, 11) is 0. The standard InChI is InChI=1S/C15H22ClN3O/c16-13-3-1-12(2-4-13)11-19-9-6-14(7-10-19)18-15(20)5-8-17/h1-4,14H,5-11,17H2,(H,18,20). The molecule has 5 heteroatoms. The molecule has 1 aliphatic heterocycles. The van der Waals surface area contributed by atoms with Gasteiger partial charge in [0.25, 0.3) is 0 Å². The third-order valence-corrected chi connectivity index (χ3v) is 3.90. The van der Waals surface area contributed by atoms with Gasteiger partial charge in [-0.15, -0.1) is 0 Å². The maximum atomic E-state index is 11.5. The summed E-state index contributed by atoms with van der Waals surface area (Å²) in [6.07, 6.45) is 2.43. The van der Waals surface area contributed by atoms with E-state index in [2.05, 4.69) is 22.3 Å². The van der Waals surface area contributed by atoms with E-state index < -0.39 is 0 Å². The molecule has 0 aliphatic carbocycles. The van der Waals surface area contributed by atoms with Gasteiger partial charge in [-0.3, -0.25) is 9.69 Å². The fraction of sp³-hybridized carbons (Fsp3) is 0.533. The molecule has 1 aromatic rings. The molecule has 1 amide bonds. The van der Waals surface area contributed by atoms with Crippen LogP contribution in [0.1, 0.15) is 24.8 Å². The summed E-state index contributed by atoms with van der Waals surface area (Å²) in [5.74, 6) is 0.0728. The second-order valence-corrected chi connectivity index (χ2v) is 5.72. The van der Waals surface area contributed by atoms with E-state index in [-0.39, 0.29) is 5.91 Å². The fourth-order valence-electron chi connectivity index (χ4n) is 2.51. The number of rotatable bonds is 5. The van der Waals surface area contributed by atoms with Crippen LogP contribution in [0, 0.1) is 0 Å². The Balaban J connectivity index is 1.74. The normalized spacial score (nSPS) is 17.1. The highest BCUT2D eigenvalue weighted by Crippen LogP contribution is 2.15. The van der Waals surface area contributed by atoms with Gasteiger partial charge in [0.05, 0.1) is 0 Å². The largest absolute Gasteiger partial charge is 0.353 e. The van der Waals surface area contributed by atoms with Gasteiger partial charge < -0.3 is 11.1 Å². The molecule has 0 aromatic heterocycles. The molecule has 0 bridgehead atoms. The van der Waals surface area contributed by atoms with Crippen LogP contribution in [0.25, 0.3) is 0 Å². The highest BCUT2D eigenvalue weighted by Gasteiger charge is 2.20. The molecule has 1 fully saturated rings. The lowest BCUT2D eigenvalue weighted by Crippen LogP contribution is -2.44. The molecule has 1 aromatic carbocycles. The predicted octanol–water partition coefficient (Wildman–Crippen LogP) is 1.77. The molecule has 0 unspecified atom stereocenters. The monoisotopic (exact) mass is 295 g/mol. The number of likely N-dealkylation sites (tertiary alicyclic amines) is 1. The molecule has 110 valence electrons. The smallest absolute Gasteiger partial charge is 0.221 e. The number of hydrogen-bond acceptors (Lipinski definition) is 3. The van der Waals surface area contributed by atoms with Crippen LogP contribution >= 0.6 is 11.6 Å². The van der Waals surface area contributed by atoms with Gasteiger partial charge in [-0.25, -0.2) is 0 Å². The number of halogens is 1. The van der Waals surface area contributed by atoms with E-state index in [4.69, 9.17) is 17.3 Å². The maximum Gasteiger partial charge on any atom is 0.221 e. The molecule has 20 heavy (non-hydrogen) atoms. The lowest BCUT2D eigenvalue weighted by atomic mass is 10.0. The molecule has 1 aliphatic rings. The van der Waals surface area contributed by atoms with Gasteiger partial charge in [-0.2, -0.15) is 0 Å². The zero-order valence-corrected chi connectivity index (χ0v) is 12.4. The van der Waals surface area contributed by atoms with Crippen molar-refractivity contribution in [3.8, 4) is 0 Å². The first-order chi connectivity index (χ1) is 9.67. The number of benzene rings is 1. The van der Waals surface area contributed by atoms with Crippen LogP contribution < -0.4 is 11.1 Å². The Labute approximate surface area is 125 Å². The van der Waals surface area contributed by atoms with E-state index in [1.54, 1.807) is 0 Å². The highest BCUT2D eigenvalue weighted by atomic mass is 35.5. The third kappa shape index (κ3) is 4.78. The number of nitrogens with one attached hydrogen (secondary N) is 1. The quantitative estimate of drug-likeness (QED) is 0.870. The van der Waals surface area contributed by atoms with E-state index in [1.807, 2.05) is 12.1 Å². The number of nitrogens with zero attached hydrogens (tertiary/aromatic N) is 1. The van der Waals surface area contributed by atoms with Crippen LogP contribution in [0.5, 0.6) is 0 Å². The van der Waals surface area contributed by atoms with Crippen molar-refractivity contribution in [2.24, 2.45) is 5.73 Å². The second kappa shape index (κ2) is 7.62. The molecule has 0 spiro atoms. The number of carbonyl (C=O) groups is 1. The highest BCUT2D eigenvalue weighted by molar-refractivity contribution is 6.30. The Morgan fingerprint density at radius 2 is 1.95 bits per heavy atom. The number of amides is 1. The van der Waals surface area contributed by atoms with Crippen molar-refractivity contribution in [1.29, 1.82) is 0 Å². The van der Waals surface area contributed by atoms with Crippen molar-refractivity contribution in [3.05, 3.63) is 34.9 Å². The zero-order chi connectivity index (χ0) is 14.4. The Morgan fingerprint density at radius 3 is 2.55 bits per heavy atom. The number of hydrogen-bond donors (Lipinski definition) is 2. The van der Waals surface area contributed by atoms with E-state index in [0.29, 0.717) is 19.0 Å². The summed E-state index contributed by atoms with van der Waals surface area (Å²) in [6, 6.07) is 8.29. The first-order valence-electron chi connectivity index (χ1n) is 7.13. The van der Waals surface area contributed by atoms with Crippen molar-refractivity contribution in [1.82, 2.24) is 10.2 Å². The van der Waals surface area contributed by atoms with Crippen molar-refractivity contribution in [3.63, 3.8) is 0 Å². The van der Waals surface area contributed by atoms with Crippen LogP contribution in [0.3, 0.4) is 0 Å². The SMILES string of the molecule is NCCC(=O)NC1CCN(Cc2ccc(Cl)cc2)CC1. The summed E-state index contributed by atoms with van der Waals surface area (Å²) in [5.41, 5.74) is 6.65. The number of nitrogens with two attached hydrogens (primary N) is 1. The topological polar surface area (TPSA) is 58.4 Å². The van der Waals surface area contributed by atoms with E-state index in [1.165, 1.54) is 5.56 Å². The minimum atomic E-state index is 0.0728. The van der Waals surface area contributed by atoms with E-state index >= 15 is 0 Å². The van der Waals surface area contributed by atoms with Gasteiger partial charge >= 0.3 is 0 Å². The predicted molar refractivity (Wildman–Crippen MR) is 81.6 cm³/mol. The average molecular weight is 296 g/mol. The van der Waals surface area contributed by atoms with Gasteiger partial charge in [0, 0.05) is 43.7 Å². The summed E-state index contributed by atoms with van der Waals surface area (Å²) in [6.45, 7) is 3.38. The van der Waals surface area contributed by atoms with Gasteiger partial charge in [-0.1, -0.05) is 23.7 Å². The molecule has 0 radical (unpaired) electrons. The van der Waals surface area contributed by atoms with Gasteiger partial charge in [-0.05, 0) is 30.5 Å². The van der Waals surface area contributed by atoms with Crippen molar-refractivity contribution in [2.75, 3.05) is 19.6 Å². The fourth-order valence-corrected chi connectivity index (χ4v) is 2.64. The van der Waals surface area contributed by atoms with Crippen molar-refractivity contribution < 1.29 is 4.79 Å². The molecule has 0 atom stereocenters. The minimum absolute atomic E-state index is 0.0728. The zero-order valence-electron chi connectivity index (χ0n) is 11.6. The van der Waals surface area contributed by atoms with Crippen LogP contribution in [-0.2, 0) is 11.3 Å². The summed E-state index contributed by atoms with van der Waals surface area (Å²) >= 11 is 5.88. The van der Waals surface area contributed by atoms with Crippen LogP contribution in [0.2, 0.25) is 5.02 Å².